The zero-order chi connectivity index (χ0) is 25.2. The van der Waals surface area contributed by atoms with Gasteiger partial charge >= 0.3 is 0 Å². The second kappa shape index (κ2) is 10.1. The maximum absolute atomic E-state index is 13.8. The number of hydrogen-bond donors (Lipinski definition) is 0. The molecule has 1 aliphatic rings. The molecule has 1 unspecified atom stereocenters. The number of methoxy groups -OCH3 is 2. The molecule has 2 amide bonds. The number of hydrogen-bond acceptors (Lipinski definition) is 5. The number of thiophene rings is 1. The van der Waals surface area contributed by atoms with Crippen molar-refractivity contribution in [1.29, 1.82) is 0 Å². The number of carbonyl (C=O) groups excluding carboxylic acids is 2. The average molecular weight is 493 g/mol. The van der Waals surface area contributed by atoms with Gasteiger partial charge in [-0.3, -0.25) is 9.59 Å². The van der Waals surface area contributed by atoms with Crippen molar-refractivity contribution in [3.63, 3.8) is 0 Å². The van der Waals surface area contributed by atoms with Crippen LogP contribution in [0.2, 0.25) is 0 Å². The van der Waals surface area contributed by atoms with Gasteiger partial charge < -0.3 is 19.3 Å². The molecule has 1 aromatic heterocycles. The number of carbonyl (C=O) groups is 2. The van der Waals surface area contributed by atoms with Crippen molar-refractivity contribution >= 4 is 23.2 Å². The lowest BCUT2D eigenvalue weighted by Crippen LogP contribution is -2.52. The van der Waals surface area contributed by atoms with Crippen LogP contribution in [0.5, 0.6) is 11.5 Å². The summed E-state index contributed by atoms with van der Waals surface area (Å²) in [6, 6.07) is 17.1. The molecule has 2 aromatic carbocycles. The molecule has 0 aliphatic carbocycles. The number of nitrogens with zero attached hydrogens (tertiary/aromatic N) is 2. The summed E-state index contributed by atoms with van der Waals surface area (Å²) in [6.07, 6.45) is 0.818. The van der Waals surface area contributed by atoms with Crippen LogP contribution in [0.15, 0.2) is 60.0 Å². The fraction of sp³-hybridized carbons (Fsp3) is 0.357. The zero-order valence-corrected chi connectivity index (χ0v) is 21.7. The van der Waals surface area contributed by atoms with E-state index in [0.29, 0.717) is 23.6 Å². The highest BCUT2D eigenvalue weighted by molar-refractivity contribution is 7.10. The van der Waals surface area contributed by atoms with Gasteiger partial charge in [0.15, 0.2) is 0 Å². The largest absolute Gasteiger partial charge is 0.497 e. The molecule has 0 spiro atoms. The van der Waals surface area contributed by atoms with E-state index < -0.39 is 5.54 Å². The lowest BCUT2D eigenvalue weighted by Gasteiger charge is -2.40. The monoisotopic (exact) mass is 492 g/mol. The van der Waals surface area contributed by atoms with Crippen molar-refractivity contribution in [3.05, 3.63) is 81.5 Å². The topological polar surface area (TPSA) is 59.1 Å². The van der Waals surface area contributed by atoms with Gasteiger partial charge in [-0.1, -0.05) is 30.3 Å². The molecule has 1 aliphatic heterocycles. The van der Waals surface area contributed by atoms with E-state index in [0.717, 1.165) is 12.0 Å². The molecule has 3 aromatic rings. The molecule has 0 radical (unpaired) electrons. The smallest absolute Gasteiger partial charge is 0.255 e. The number of benzene rings is 2. The summed E-state index contributed by atoms with van der Waals surface area (Å²) in [4.78, 5) is 32.4. The Labute approximate surface area is 211 Å². The Balaban J connectivity index is 1.66. The van der Waals surface area contributed by atoms with Gasteiger partial charge in [-0.25, -0.2) is 0 Å². The van der Waals surface area contributed by atoms with Crippen LogP contribution >= 0.6 is 11.3 Å². The van der Waals surface area contributed by atoms with Crippen LogP contribution in [-0.2, 0) is 11.2 Å². The van der Waals surface area contributed by atoms with Crippen LogP contribution in [0, 0.1) is 0 Å². The van der Waals surface area contributed by atoms with Crippen LogP contribution in [-0.4, -0.2) is 54.5 Å². The molecule has 0 N–H and O–H groups in total. The Morgan fingerprint density at radius 2 is 1.69 bits per heavy atom. The first-order valence-electron chi connectivity index (χ1n) is 11.7. The molecule has 6 nitrogen and oxygen atoms in total. The Kier molecular flexibility index (Phi) is 7.17. The highest BCUT2D eigenvalue weighted by atomic mass is 32.1. The standard InChI is InChI=1S/C28H32N2O4S/c1-28(2,3)30(27(32)20-15-21(33-4)17-22(16-20)34-5)18-25(31)29-13-11-24-23(12-14-35-24)26(29)19-9-7-6-8-10-19/h6-10,12,14-17,26H,11,13,18H2,1-5H3. The van der Waals surface area contributed by atoms with E-state index in [1.54, 1.807) is 48.7 Å². The third kappa shape index (κ3) is 5.20. The molecule has 0 saturated carbocycles. The van der Waals surface area contributed by atoms with E-state index in [-0.39, 0.29) is 24.4 Å². The first-order valence-corrected chi connectivity index (χ1v) is 12.6. The lowest BCUT2D eigenvalue weighted by atomic mass is 9.93. The van der Waals surface area contributed by atoms with Gasteiger partial charge in [-0.15, -0.1) is 11.3 Å². The zero-order valence-electron chi connectivity index (χ0n) is 20.9. The first kappa shape index (κ1) is 24.8. The SMILES string of the molecule is COc1cc(OC)cc(C(=O)N(CC(=O)N2CCc3sccc3C2c2ccccc2)C(C)(C)C)c1. The van der Waals surface area contributed by atoms with Crippen LogP contribution in [0.25, 0.3) is 0 Å². The summed E-state index contributed by atoms with van der Waals surface area (Å²) in [7, 11) is 3.10. The molecule has 35 heavy (non-hydrogen) atoms. The molecule has 1 atom stereocenters. The fourth-order valence-electron chi connectivity index (χ4n) is 4.51. The highest BCUT2D eigenvalue weighted by Crippen LogP contribution is 2.38. The summed E-state index contributed by atoms with van der Waals surface area (Å²) in [5.74, 6) is 0.734. The van der Waals surface area contributed by atoms with Crippen LogP contribution < -0.4 is 9.47 Å². The van der Waals surface area contributed by atoms with Gasteiger partial charge in [0.1, 0.15) is 18.0 Å². The molecule has 0 fully saturated rings. The lowest BCUT2D eigenvalue weighted by molar-refractivity contribution is -0.135. The van der Waals surface area contributed by atoms with E-state index in [2.05, 4.69) is 23.6 Å². The minimum atomic E-state index is -0.575. The van der Waals surface area contributed by atoms with Gasteiger partial charge in [0.05, 0.1) is 20.3 Å². The van der Waals surface area contributed by atoms with Crippen molar-refractivity contribution in [2.75, 3.05) is 27.3 Å². The molecular weight excluding hydrogens is 460 g/mol. The van der Waals surface area contributed by atoms with Gasteiger partial charge in [-0.05, 0) is 61.9 Å². The average Bonchev–Trinajstić information content (AvgIpc) is 3.34. The summed E-state index contributed by atoms with van der Waals surface area (Å²) in [5.41, 5.74) is 2.09. The normalized spacial score (nSPS) is 15.3. The molecular formula is C28H32N2O4S. The second-order valence-electron chi connectivity index (χ2n) is 9.61. The maximum Gasteiger partial charge on any atom is 0.255 e. The molecule has 7 heteroatoms. The second-order valence-corrected chi connectivity index (χ2v) is 10.6. The predicted molar refractivity (Wildman–Crippen MR) is 138 cm³/mol. The number of rotatable bonds is 6. The molecule has 184 valence electrons. The quantitative estimate of drug-likeness (QED) is 0.476. The maximum atomic E-state index is 13.8. The van der Waals surface area contributed by atoms with Gasteiger partial charge in [0, 0.05) is 28.6 Å². The van der Waals surface area contributed by atoms with Crippen LogP contribution in [0.3, 0.4) is 0 Å². The third-order valence-corrected chi connectivity index (χ3v) is 7.34. The molecule has 0 bridgehead atoms. The van der Waals surface area contributed by atoms with Crippen molar-refractivity contribution in [1.82, 2.24) is 9.80 Å². The van der Waals surface area contributed by atoms with Crippen molar-refractivity contribution in [3.8, 4) is 11.5 Å². The van der Waals surface area contributed by atoms with Gasteiger partial charge in [0.2, 0.25) is 5.91 Å². The van der Waals surface area contributed by atoms with Crippen molar-refractivity contribution < 1.29 is 19.1 Å². The minimum Gasteiger partial charge on any atom is -0.497 e. The molecule has 4 rings (SSSR count). The van der Waals surface area contributed by atoms with E-state index in [4.69, 9.17) is 9.47 Å². The Morgan fingerprint density at radius 1 is 1.03 bits per heavy atom. The Hall–Kier alpha value is -3.32. The van der Waals surface area contributed by atoms with Crippen LogP contribution in [0.1, 0.15) is 53.2 Å². The number of ether oxygens (including phenoxy) is 2. The Bertz CT molecular complexity index is 1180. The molecule has 2 heterocycles. The van der Waals surface area contributed by atoms with E-state index in [1.165, 1.54) is 10.4 Å². The fourth-order valence-corrected chi connectivity index (χ4v) is 5.41. The number of amides is 2. The van der Waals surface area contributed by atoms with Crippen molar-refractivity contribution in [2.45, 2.75) is 38.8 Å². The van der Waals surface area contributed by atoms with Gasteiger partial charge in [0.25, 0.3) is 5.91 Å². The summed E-state index contributed by atoms with van der Waals surface area (Å²) < 4.78 is 10.7. The van der Waals surface area contributed by atoms with E-state index in [9.17, 15) is 9.59 Å². The summed E-state index contributed by atoms with van der Waals surface area (Å²) in [6.45, 7) is 6.42. The molecule has 0 saturated heterocycles. The van der Waals surface area contributed by atoms with E-state index in [1.807, 2.05) is 43.9 Å². The van der Waals surface area contributed by atoms with Crippen molar-refractivity contribution in [2.24, 2.45) is 0 Å². The van der Waals surface area contributed by atoms with E-state index >= 15 is 0 Å². The Morgan fingerprint density at radius 3 is 2.29 bits per heavy atom. The van der Waals surface area contributed by atoms with Gasteiger partial charge in [-0.2, -0.15) is 0 Å². The predicted octanol–water partition coefficient (Wildman–Crippen LogP) is 5.18. The summed E-state index contributed by atoms with van der Waals surface area (Å²) >= 11 is 1.74. The van der Waals surface area contributed by atoms with Crippen LogP contribution in [0.4, 0.5) is 0 Å². The first-order chi connectivity index (χ1) is 16.7. The number of fused-ring (bicyclic) bond motifs is 1. The minimum absolute atomic E-state index is 0.0232. The highest BCUT2D eigenvalue weighted by Gasteiger charge is 2.36. The third-order valence-electron chi connectivity index (χ3n) is 6.35. The summed E-state index contributed by atoms with van der Waals surface area (Å²) in [5, 5.41) is 2.09.